The van der Waals surface area contributed by atoms with Gasteiger partial charge in [0.05, 0.1) is 5.92 Å². The van der Waals surface area contributed by atoms with E-state index in [1.165, 1.54) is 0 Å². The lowest BCUT2D eigenvalue weighted by Crippen LogP contribution is -2.36. The molecule has 0 radical (unpaired) electrons. The summed E-state index contributed by atoms with van der Waals surface area (Å²) in [5, 5.41) is 6.20. The number of anilines is 1. The summed E-state index contributed by atoms with van der Waals surface area (Å²) in [6.07, 6.45) is 0.989. The molecule has 1 atom stereocenters. The number of rotatable bonds is 4. The topological polar surface area (TPSA) is 61.4 Å². The molecule has 0 aromatic heterocycles. The van der Waals surface area contributed by atoms with Crippen LogP contribution in [0.1, 0.15) is 35.2 Å². The lowest BCUT2D eigenvalue weighted by Gasteiger charge is -2.24. The van der Waals surface area contributed by atoms with E-state index >= 15 is 0 Å². The number of benzene rings is 2. The van der Waals surface area contributed by atoms with Gasteiger partial charge in [-0.3, -0.25) is 9.59 Å². The maximum Gasteiger partial charge on any atom is 0.255 e. The lowest BCUT2D eigenvalue weighted by atomic mass is 9.99. The molecule has 2 aromatic rings. The molecular formula is C21H25N3O2. The third kappa shape index (κ3) is 4.49. The molecule has 3 rings (SSSR count). The summed E-state index contributed by atoms with van der Waals surface area (Å²) < 4.78 is 0. The monoisotopic (exact) mass is 351 g/mol. The van der Waals surface area contributed by atoms with Crippen LogP contribution in [0.2, 0.25) is 0 Å². The summed E-state index contributed by atoms with van der Waals surface area (Å²) in [5.41, 5.74) is 2.31. The van der Waals surface area contributed by atoms with E-state index in [2.05, 4.69) is 10.6 Å². The molecule has 0 saturated carbocycles. The van der Waals surface area contributed by atoms with Crippen molar-refractivity contribution >= 4 is 17.5 Å². The standard InChI is InChI=1S/C21H25N3O2/c1-16(21(26)24-14-5-12-22-13-15-24)17-8-10-19(11-9-17)23-20(25)18-6-3-2-4-7-18/h2-4,6-11,16,22H,5,12-15H2,1H3,(H,23,25). The van der Waals surface area contributed by atoms with Crippen LogP contribution >= 0.6 is 0 Å². The first-order chi connectivity index (χ1) is 12.6. The zero-order chi connectivity index (χ0) is 18.4. The second-order valence-electron chi connectivity index (χ2n) is 6.59. The number of hydrogen-bond donors (Lipinski definition) is 2. The van der Waals surface area contributed by atoms with Crippen LogP contribution < -0.4 is 10.6 Å². The van der Waals surface area contributed by atoms with Crippen molar-refractivity contribution in [2.75, 3.05) is 31.5 Å². The fraction of sp³-hybridized carbons (Fsp3) is 0.333. The fourth-order valence-electron chi connectivity index (χ4n) is 3.13. The number of carbonyl (C=O) groups excluding carboxylic acids is 2. The maximum atomic E-state index is 12.7. The van der Waals surface area contributed by atoms with Crippen molar-refractivity contribution in [2.45, 2.75) is 19.3 Å². The molecule has 2 amide bonds. The first kappa shape index (κ1) is 18.1. The van der Waals surface area contributed by atoms with Crippen LogP contribution in [0.5, 0.6) is 0 Å². The summed E-state index contributed by atoms with van der Waals surface area (Å²) in [6, 6.07) is 16.6. The minimum atomic E-state index is -0.188. The van der Waals surface area contributed by atoms with Gasteiger partial charge >= 0.3 is 0 Å². The highest BCUT2D eigenvalue weighted by Crippen LogP contribution is 2.21. The van der Waals surface area contributed by atoms with Crippen molar-refractivity contribution in [1.29, 1.82) is 0 Å². The molecule has 0 spiro atoms. The molecule has 1 aliphatic heterocycles. The highest BCUT2D eigenvalue weighted by molar-refractivity contribution is 6.04. The van der Waals surface area contributed by atoms with Crippen molar-refractivity contribution in [1.82, 2.24) is 10.2 Å². The van der Waals surface area contributed by atoms with Gasteiger partial charge in [-0.15, -0.1) is 0 Å². The van der Waals surface area contributed by atoms with E-state index in [0.29, 0.717) is 5.56 Å². The summed E-state index contributed by atoms with van der Waals surface area (Å²) in [6.45, 7) is 5.32. The van der Waals surface area contributed by atoms with Crippen molar-refractivity contribution in [3.05, 3.63) is 65.7 Å². The van der Waals surface area contributed by atoms with Gasteiger partial charge in [0, 0.05) is 30.9 Å². The third-order valence-corrected chi connectivity index (χ3v) is 4.73. The summed E-state index contributed by atoms with van der Waals surface area (Å²) in [5.74, 6) is -0.165. The summed E-state index contributed by atoms with van der Waals surface area (Å²) >= 11 is 0. The Morgan fingerprint density at radius 3 is 2.46 bits per heavy atom. The largest absolute Gasteiger partial charge is 0.341 e. The molecular weight excluding hydrogens is 326 g/mol. The van der Waals surface area contributed by atoms with Crippen LogP contribution in [-0.4, -0.2) is 42.9 Å². The van der Waals surface area contributed by atoms with E-state index in [4.69, 9.17) is 0 Å². The first-order valence-electron chi connectivity index (χ1n) is 9.11. The van der Waals surface area contributed by atoms with Gasteiger partial charge in [0.25, 0.3) is 5.91 Å². The molecule has 5 nitrogen and oxygen atoms in total. The van der Waals surface area contributed by atoms with E-state index < -0.39 is 0 Å². The number of carbonyl (C=O) groups is 2. The van der Waals surface area contributed by atoms with Gasteiger partial charge in [-0.2, -0.15) is 0 Å². The van der Waals surface area contributed by atoms with Gasteiger partial charge in [-0.25, -0.2) is 0 Å². The Kier molecular flexibility index (Phi) is 6.02. The van der Waals surface area contributed by atoms with E-state index in [1.807, 2.05) is 54.3 Å². The van der Waals surface area contributed by atoms with Gasteiger partial charge in [-0.05, 0) is 49.7 Å². The molecule has 2 aromatic carbocycles. The number of nitrogens with zero attached hydrogens (tertiary/aromatic N) is 1. The molecule has 2 N–H and O–H groups in total. The number of nitrogens with one attached hydrogen (secondary N) is 2. The van der Waals surface area contributed by atoms with Gasteiger partial charge in [0.2, 0.25) is 5.91 Å². The Balaban J connectivity index is 1.63. The van der Waals surface area contributed by atoms with E-state index in [1.54, 1.807) is 12.1 Å². The van der Waals surface area contributed by atoms with Crippen LogP contribution in [-0.2, 0) is 4.79 Å². The fourth-order valence-corrected chi connectivity index (χ4v) is 3.13. The second-order valence-corrected chi connectivity index (χ2v) is 6.59. The van der Waals surface area contributed by atoms with E-state index in [-0.39, 0.29) is 17.7 Å². The molecule has 1 heterocycles. The van der Waals surface area contributed by atoms with Gasteiger partial charge in [0.15, 0.2) is 0 Å². The molecule has 1 saturated heterocycles. The van der Waals surface area contributed by atoms with Crippen LogP contribution in [0.25, 0.3) is 0 Å². The predicted octanol–water partition coefficient (Wildman–Crippen LogP) is 2.86. The smallest absolute Gasteiger partial charge is 0.255 e. The first-order valence-corrected chi connectivity index (χ1v) is 9.11. The second kappa shape index (κ2) is 8.63. The average Bonchev–Trinajstić information content (AvgIpc) is 2.97. The molecule has 5 heteroatoms. The Morgan fingerprint density at radius 1 is 1.00 bits per heavy atom. The van der Waals surface area contributed by atoms with Crippen molar-refractivity contribution < 1.29 is 9.59 Å². The molecule has 0 bridgehead atoms. The Hall–Kier alpha value is -2.66. The van der Waals surface area contributed by atoms with Crippen LogP contribution in [0, 0.1) is 0 Å². The quantitative estimate of drug-likeness (QED) is 0.890. The Labute approximate surface area is 154 Å². The maximum absolute atomic E-state index is 12.7. The molecule has 1 fully saturated rings. The van der Waals surface area contributed by atoms with Gasteiger partial charge < -0.3 is 15.5 Å². The summed E-state index contributed by atoms with van der Waals surface area (Å²) in [4.78, 5) is 26.9. The zero-order valence-electron chi connectivity index (χ0n) is 15.1. The Bertz CT molecular complexity index is 736. The van der Waals surface area contributed by atoms with Crippen molar-refractivity contribution in [3.63, 3.8) is 0 Å². The van der Waals surface area contributed by atoms with Crippen LogP contribution in [0.15, 0.2) is 54.6 Å². The average molecular weight is 351 g/mol. The molecule has 1 aliphatic rings. The number of hydrogen-bond acceptors (Lipinski definition) is 3. The zero-order valence-corrected chi connectivity index (χ0v) is 15.1. The van der Waals surface area contributed by atoms with Gasteiger partial charge in [-0.1, -0.05) is 30.3 Å². The lowest BCUT2D eigenvalue weighted by molar-refractivity contribution is -0.132. The van der Waals surface area contributed by atoms with Crippen molar-refractivity contribution in [2.24, 2.45) is 0 Å². The highest BCUT2D eigenvalue weighted by atomic mass is 16.2. The van der Waals surface area contributed by atoms with Gasteiger partial charge in [0.1, 0.15) is 0 Å². The minimum absolute atomic E-state index is 0.139. The predicted molar refractivity (Wildman–Crippen MR) is 103 cm³/mol. The molecule has 136 valence electrons. The molecule has 0 aliphatic carbocycles. The normalized spacial score (nSPS) is 15.8. The minimum Gasteiger partial charge on any atom is -0.341 e. The SMILES string of the molecule is CC(C(=O)N1CCCNCC1)c1ccc(NC(=O)c2ccccc2)cc1. The number of amides is 2. The highest BCUT2D eigenvalue weighted by Gasteiger charge is 2.22. The third-order valence-electron chi connectivity index (χ3n) is 4.73. The Morgan fingerprint density at radius 2 is 1.73 bits per heavy atom. The van der Waals surface area contributed by atoms with E-state index in [0.717, 1.165) is 43.9 Å². The molecule has 1 unspecified atom stereocenters. The van der Waals surface area contributed by atoms with Crippen molar-refractivity contribution in [3.8, 4) is 0 Å². The summed E-state index contributed by atoms with van der Waals surface area (Å²) in [7, 11) is 0. The van der Waals surface area contributed by atoms with Crippen LogP contribution in [0.4, 0.5) is 5.69 Å². The van der Waals surface area contributed by atoms with Crippen LogP contribution in [0.3, 0.4) is 0 Å². The molecule has 26 heavy (non-hydrogen) atoms. The van der Waals surface area contributed by atoms with E-state index in [9.17, 15) is 9.59 Å².